The Labute approximate surface area is 272 Å². The Balaban J connectivity index is 1.32. The zero-order valence-corrected chi connectivity index (χ0v) is 25.9. The molecular weight excluding hydrogens is 576 g/mol. The first-order valence-corrected chi connectivity index (χ1v) is 15.9. The summed E-state index contributed by atoms with van der Waals surface area (Å²) in [6.45, 7) is 0. The fraction of sp³-hybridized carbons (Fsp3) is 0.0488. The van der Waals surface area contributed by atoms with Crippen LogP contribution in [-0.2, 0) is 0 Å². The van der Waals surface area contributed by atoms with Crippen LogP contribution in [0.3, 0.4) is 0 Å². The number of nitrogens with one attached hydrogen (secondary N) is 2. The predicted molar refractivity (Wildman–Crippen MR) is 196 cm³/mol. The Kier molecular flexibility index (Phi) is 6.32. The number of fused-ring (bicyclic) bond motifs is 7. The molecular formula is C41H32N6. The molecule has 1 atom stereocenters. The van der Waals surface area contributed by atoms with Crippen LogP contribution >= 0.6 is 0 Å². The Hall–Kier alpha value is -6.27. The first kappa shape index (κ1) is 27.1. The van der Waals surface area contributed by atoms with E-state index in [0.717, 1.165) is 39.6 Å². The Morgan fingerprint density at radius 1 is 0.574 bits per heavy atom. The van der Waals surface area contributed by atoms with Crippen LogP contribution in [0.5, 0.6) is 0 Å². The number of para-hydroxylation sites is 4. The van der Waals surface area contributed by atoms with Gasteiger partial charge in [-0.1, -0.05) is 103 Å². The number of hydrogen-bond donors (Lipinski definition) is 2. The molecule has 1 aliphatic heterocycles. The van der Waals surface area contributed by atoms with E-state index in [9.17, 15) is 0 Å². The second kappa shape index (κ2) is 11.0. The minimum atomic E-state index is -0.0480. The van der Waals surface area contributed by atoms with E-state index < -0.39 is 0 Å². The highest BCUT2D eigenvalue weighted by Crippen LogP contribution is 2.41. The zero-order valence-electron chi connectivity index (χ0n) is 25.9. The number of nitrogens with zero attached hydrogens (tertiary/aromatic N) is 4. The van der Waals surface area contributed by atoms with Gasteiger partial charge in [0.15, 0.2) is 11.6 Å². The lowest BCUT2D eigenvalue weighted by Gasteiger charge is -2.35. The first-order chi connectivity index (χ1) is 23.3. The number of benzene rings is 6. The second-order valence-electron chi connectivity index (χ2n) is 11.9. The molecule has 9 rings (SSSR count). The molecule has 0 saturated heterocycles. The van der Waals surface area contributed by atoms with Crippen molar-refractivity contribution in [2.24, 2.45) is 4.99 Å². The number of anilines is 1. The van der Waals surface area contributed by atoms with E-state index in [0.29, 0.717) is 0 Å². The van der Waals surface area contributed by atoms with Gasteiger partial charge < -0.3 is 14.8 Å². The highest BCUT2D eigenvalue weighted by molar-refractivity contribution is 6.25. The molecule has 0 radical (unpaired) electrons. The maximum atomic E-state index is 5.03. The molecule has 0 saturated carbocycles. The summed E-state index contributed by atoms with van der Waals surface area (Å²) in [6, 6.07) is 53.2. The van der Waals surface area contributed by atoms with Gasteiger partial charge in [0.25, 0.3) is 0 Å². The fourth-order valence-corrected chi connectivity index (χ4v) is 7.04. The molecule has 2 aromatic heterocycles. The van der Waals surface area contributed by atoms with E-state index in [4.69, 9.17) is 4.99 Å². The minimum absolute atomic E-state index is 0.0480. The minimum Gasteiger partial charge on any atom is -0.345 e. The van der Waals surface area contributed by atoms with Gasteiger partial charge in [-0.25, -0.2) is 4.99 Å². The molecule has 6 aromatic carbocycles. The van der Waals surface area contributed by atoms with Gasteiger partial charge in [-0.15, -0.1) is 0 Å². The summed E-state index contributed by atoms with van der Waals surface area (Å²) in [7, 11) is 2.13. The molecule has 8 aromatic rings. The molecule has 1 aliphatic rings. The third-order valence-electron chi connectivity index (χ3n) is 9.22. The third kappa shape index (κ3) is 4.37. The molecule has 1 unspecified atom stereocenters. The summed E-state index contributed by atoms with van der Waals surface area (Å²) in [5.74, 6) is 1.62. The molecule has 0 spiro atoms. The second-order valence-corrected chi connectivity index (χ2v) is 11.9. The van der Waals surface area contributed by atoms with E-state index in [1.807, 2.05) is 24.4 Å². The van der Waals surface area contributed by atoms with Gasteiger partial charge in [0, 0.05) is 46.2 Å². The van der Waals surface area contributed by atoms with E-state index in [-0.39, 0.29) is 6.04 Å². The molecule has 226 valence electrons. The van der Waals surface area contributed by atoms with Crippen LogP contribution in [-0.4, -0.2) is 27.4 Å². The maximum Gasteiger partial charge on any atom is 0.172 e. The smallest absolute Gasteiger partial charge is 0.172 e. The van der Waals surface area contributed by atoms with Gasteiger partial charge in [-0.3, -0.25) is 10.1 Å². The fourth-order valence-electron chi connectivity index (χ4n) is 7.04. The predicted octanol–water partition coefficient (Wildman–Crippen LogP) is 9.43. The van der Waals surface area contributed by atoms with Crippen molar-refractivity contribution in [2.75, 3.05) is 17.8 Å². The lowest BCUT2D eigenvalue weighted by atomic mass is 10.1. The molecule has 6 nitrogen and oxygen atoms in total. The number of hydrogen-bond acceptors (Lipinski definition) is 4. The Bertz CT molecular complexity index is 2470. The van der Waals surface area contributed by atoms with Crippen LogP contribution in [0.4, 0.5) is 5.69 Å². The first-order valence-electron chi connectivity index (χ1n) is 15.9. The quantitative estimate of drug-likeness (QED) is 0.198. The SMILES string of the molecule is CN1C(Nn2c3ccccc3c3ccc4c(c5ccccc5n4-c4ccccc4)c32)=C(Nc2ccccc2)N=CC1c1ccccc1. The van der Waals surface area contributed by atoms with Crippen molar-refractivity contribution in [2.45, 2.75) is 6.04 Å². The molecule has 6 heteroatoms. The summed E-state index contributed by atoms with van der Waals surface area (Å²) in [4.78, 5) is 7.30. The van der Waals surface area contributed by atoms with Gasteiger partial charge >= 0.3 is 0 Å². The lowest BCUT2D eigenvalue weighted by Crippen LogP contribution is -2.36. The van der Waals surface area contributed by atoms with Crippen molar-refractivity contribution >= 4 is 55.5 Å². The topological polar surface area (TPSA) is 49.5 Å². The molecule has 0 bridgehead atoms. The van der Waals surface area contributed by atoms with Crippen molar-refractivity contribution in [3.63, 3.8) is 0 Å². The molecule has 2 N–H and O–H groups in total. The summed E-state index contributed by atoms with van der Waals surface area (Å²) in [5, 5.41) is 8.38. The number of aromatic nitrogens is 2. The molecule has 47 heavy (non-hydrogen) atoms. The van der Waals surface area contributed by atoms with Crippen LogP contribution in [0.2, 0.25) is 0 Å². The summed E-state index contributed by atoms with van der Waals surface area (Å²) >= 11 is 0. The van der Waals surface area contributed by atoms with E-state index in [1.54, 1.807) is 0 Å². The number of rotatable bonds is 6. The van der Waals surface area contributed by atoms with Crippen LogP contribution in [0.15, 0.2) is 168 Å². The Morgan fingerprint density at radius 2 is 1.21 bits per heavy atom. The van der Waals surface area contributed by atoms with Crippen LogP contribution in [0.1, 0.15) is 11.6 Å². The normalized spacial score (nSPS) is 14.9. The largest absolute Gasteiger partial charge is 0.345 e. The van der Waals surface area contributed by atoms with Crippen LogP contribution in [0.25, 0.3) is 49.3 Å². The maximum absolute atomic E-state index is 5.03. The van der Waals surface area contributed by atoms with Gasteiger partial charge in [-0.2, -0.15) is 0 Å². The highest BCUT2D eigenvalue weighted by Gasteiger charge is 2.27. The number of aliphatic imine (C=N–C) groups is 1. The summed E-state index contributed by atoms with van der Waals surface area (Å²) in [6.07, 6.45) is 2.02. The van der Waals surface area contributed by atoms with Crippen molar-refractivity contribution in [1.29, 1.82) is 0 Å². The van der Waals surface area contributed by atoms with Crippen LogP contribution in [0, 0.1) is 0 Å². The van der Waals surface area contributed by atoms with E-state index >= 15 is 0 Å². The van der Waals surface area contributed by atoms with Gasteiger partial charge in [-0.05, 0) is 54.1 Å². The third-order valence-corrected chi connectivity index (χ3v) is 9.22. The molecule has 0 fully saturated rings. The van der Waals surface area contributed by atoms with Gasteiger partial charge in [0.1, 0.15) is 0 Å². The van der Waals surface area contributed by atoms with Gasteiger partial charge in [0.05, 0.1) is 28.1 Å². The van der Waals surface area contributed by atoms with E-state index in [2.05, 4.69) is 165 Å². The average molecular weight is 609 g/mol. The van der Waals surface area contributed by atoms with Crippen LogP contribution < -0.4 is 10.7 Å². The lowest BCUT2D eigenvalue weighted by molar-refractivity contribution is 0.369. The van der Waals surface area contributed by atoms with Gasteiger partial charge in [0.2, 0.25) is 0 Å². The average Bonchev–Trinajstić information content (AvgIpc) is 3.63. The monoisotopic (exact) mass is 608 g/mol. The molecule has 0 aliphatic carbocycles. The van der Waals surface area contributed by atoms with Crippen molar-refractivity contribution < 1.29 is 0 Å². The van der Waals surface area contributed by atoms with Crippen molar-refractivity contribution in [3.8, 4) is 5.69 Å². The van der Waals surface area contributed by atoms with E-state index in [1.165, 1.54) is 32.6 Å². The highest BCUT2D eigenvalue weighted by atomic mass is 15.5. The standard InChI is InChI=1S/C41H32N6/c1-45-37(28-15-5-2-6-16-28)27-42-40(43-29-17-7-3-8-18-29)41(45)44-47-35-24-14-11-21-31(35)32-25-26-36-38(39(32)47)33-22-12-13-23-34(33)46(36)30-19-9-4-10-20-30/h2-27,37,43-44H,1H3. The molecule has 0 amide bonds. The summed E-state index contributed by atoms with van der Waals surface area (Å²) < 4.78 is 4.63. The van der Waals surface area contributed by atoms with Crippen molar-refractivity contribution in [3.05, 3.63) is 169 Å². The molecule has 3 heterocycles. The Morgan fingerprint density at radius 3 is 1.98 bits per heavy atom. The van der Waals surface area contributed by atoms with Crippen molar-refractivity contribution in [1.82, 2.24) is 14.1 Å². The summed E-state index contributed by atoms with van der Waals surface area (Å²) in [5.41, 5.74) is 11.7. The zero-order chi connectivity index (χ0) is 31.3.